The zero-order valence-corrected chi connectivity index (χ0v) is 15.8. The van der Waals surface area contributed by atoms with E-state index in [4.69, 9.17) is 0 Å². The lowest BCUT2D eigenvalue weighted by Crippen LogP contribution is -2.27. The Labute approximate surface area is 163 Å². The van der Waals surface area contributed by atoms with E-state index in [1.54, 1.807) is 36.4 Å². The number of benzene rings is 2. The number of nitrogens with one attached hydrogen (secondary N) is 2. The fourth-order valence-corrected chi connectivity index (χ4v) is 3.42. The second-order valence-corrected chi connectivity index (χ2v) is 7.01. The van der Waals surface area contributed by atoms with Crippen LogP contribution in [-0.4, -0.2) is 36.2 Å². The van der Waals surface area contributed by atoms with Crippen LogP contribution in [0, 0.1) is 0 Å². The van der Waals surface area contributed by atoms with Crippen molar-refractivity contribution in [1.29, 1.82) is 0 Å². The minimum Gasteiger partial charge on any atom is -0.382 e. The number of carbonyl (C=O) groups excluding carboxylic acids is 4. The van der Waals surface area contributed by atoms with Gasteiger partial charge in [-0.05, 0) is 26.0 Å². The molecule has 3 rings (SSSR count). The molecular formula is C22H22N2O4. The number of hydrogen-bond acceptors (Lipinski definition) is 6. The Bertz CT molecular complexity index is 874. The highest BCUT2D eigenvalue weighted by Crippen LogP contribution is 2.35. The van der Waals surface area contributed by atoms with Crippen LogP contribution in [-0.2, 0) is 9.59 Å². The topological polar surface area (TPSA) is 92.3 Å². The van der Waals surface area contributed by atoms with Gasteiger partial charge in [0.05, 0.1) is 11.1 Å². The molecule has 0 bridgehead atoms. The van der Waals surface area contributed by atoms with Gasteiger partial charge in [0.1, 0.15) is 12.6 Å². The second-order valence-electron chi connectivity index (χ2n) is 7.01. The van der Waals surface area contributed by atoms with Crippen LogP contribution in [0.25, 0.3) is 0 Å². The van der Waals surface area contributed by atoms with Crippen LogP contribution in [0.5, 0.6) is 0 Å². The Hall–Kier alpha value is -3.28. The quantitative estimate of drug-likeness (QED) is 0.585. The van der Waals surface area contributed by atoms with Crippen molar-refractivity contribution in [3.8, 4) is 0 Å². The minimum atomic E-state index is -0.238. The van der Waals surface area contributed by atoms with E-state index in [1.165, 1.54) is 0 Å². The standard InChI is InChI=1S/C22H22N2O4/c1-13(9-11-25)23-17-7-3-5-15-19(17)21(27)16-6-4-8-18(20(16)22(15)28)24-14(2)10-12-26/h3-8,11-14,23-24H,9-10H2,1-2H3. The van der Waals surface area contributed by atoms with E-state index in [0.717, 1.165) is 12.6 Å². The van der Waals surface area contributed by atoms with Gasteiger partial charge in [-0.2, -0.15) is 0 Å². The molecule has 6 heteroatoms. The van der Waals surface area contributed by atoms with E-state index >= 15 is 0 Å². The molecule has 2 aromatic carbocycles. The lowest BCUT2D eigenvalue weighted by Gasteiger charge is -2.25. The zero-order valence-electron chi connectivity index (χ0n) is 15.8. The number of hydrogen-bond donors (Lipinski definition) is 2. The van der Waals surface area contributed by atoms with E-state index in [2.05, 4.69) is 10.6 Å². The Kier molecular flexibility index (Phi) is 5.68. The lowest BCUT2D eigenvalue weighted by atomic mass is 9.82. The van der Waals surface area contributed by atoms with Crippen molar-refractivity contribution < 1.29 is 19.2 Å². The summed E-state index contributed by atoms with van der Waals surface area (Å²) in [6, 6.07) is 9.87. The predicted molar refractivity (Wildman–Crippen MR) is 107 cm³/mol. The molecule has 144 valence electrons. The minimum absolute atomic E-state index is 0.162. The molecule has 2 N–H and O–H groups in total. The van der Waals surface area contributed by atoms with Gasteiger partial charge in [0.25, 0.3) is 0 Å². The second kappa shape index (κ2) is 8.17. The first-order valence-corrected chi connectivity index (χ1v) is 9.23. The number of anilines is 2. The molecule has 0 aromatic heterocycles. The van der Waals surface area contributed by atoms with Crippen molar-refractivity contribution in [3.63, 3.8) is 0 Å². The van der Waals surface area contributed by atoms with Crippen molar-refractivity contribution >= 4 is 35.5 Å². The molecule has 2 aromatic rings. The number of rotatable bonds is 8. The molecule has 0 fully saturated rings. The van der Waals surface area contributed by atoms with Crippen molar-refractivity contribution in [3.05, 3.63) is 58.7 Å². The van der Waals surface area contributed by atoms with Crippen molar-refractivity contribution in [2.75, 3.05) is 10.6 Å². The molecule has 0 spiro atoms. The maximum Gasteiger partial charge on any atom is 0.196 e. The third-order valence-corrected chi connectivity index (χ3v) is 4.78. The fourth-order valence-electron chi connectivity index (χ4n) is 3.42. The van der Waals surface area contributed by atoms with Gasteiger partial charge in [0.2, 0.25) is 0 Å². The van der Waals surface area contributed by atoms with Gasteiger partial charge in [-0.3, -0.25) is 9.59 Å². The van der Waals surface area contributed by atoms with E-state index in [0.29, 0.717) is 46.5 Å². The largest absolute Gasteiger partial charge is 0.382 e. The summed E-state index contributed by atoms with van der Waals surface area (Å²) < 4.78 is 0. The highest BCUT2D eigenvalue weighted by molar-refractivity contribution is 6.31. The summed E-state index contributed by atoms with van der Waals surface area (Å²) in [5.41, 5.74) is 2.41. The van der Waals surface area contributed by atoms with Crippen LogP contribution >= 0.6 is 0 Å². The molecule has 28 heavy (non-hydrogen) atoms. The van der Waals surface area contributed by atoms with Crippen LogP contribution in [0.2, 0.25) is 0 Å². The number of aldehydes is 2. The molecular weight excluding hydrogens is 356 g/mol. The van der Waals surface area contributed by atoms with E-state index in [1.807, 2.05) is 13.8 Å². The molecule has 0 aliphatic heterocycles. The van der Waals surface area contributed by atoms with Gasteiger partial charge >= 0.3 is 0 Å². The van der Waals surface area contributed by atoms with Crippen molar-refractivity contribution in [2.45, 2.75) is 38.8 Å². The number of ketones is 2. The van der Waals surface area contributed by atoms with Gasteiger partial charge in [0.15, 0.2) is 11.6 Å². The Morgan fingerprint density at radius 3 is 1.50 bits per heavy atom. The van der Waals surface area contributed by atoms with Gasteiger partial charge in [0, 0.05) is 47.4 Å². The van der Waals surface area contributed by atoms with Crippen LogP contribution in [0.4, 0.5) is 11.4 Å². The summed E-state index contributed by atoms with van der Waals surface area (Å²) in [5, 5.41) is 6.31. The summed E-state index contributed by atoms with van der Waals surface area (Å²) >= 11 is 0. The van der Waals surface area contributed by atoms with Gasteiger partial charge in [-0.15, -0.1) is 0 Å². The third-order valence-electron chi connectivity index (χ3n) is 4.78. The molecule has 2 unspecified atom stereocenters. The number of carbonyl (C=O) groups is 4. The Morgan fingerprint density at radius 2 is 1.14 bits per heavy atom. The molecule has 0 radical (unpaired) electrons. The number of fused-ring (bicyclic) bond motifs is 2. The maximum absolute atomic E-state index is 13.2. The molecule has 0 amide bonds. The summed E-state index contributed by atoms with van der Waals surface area (Å²) in [5.74, 6) is -0.476. The fraction of sp³-hybridized carbons (Fsp3) is 0.273. The van der Waals surface area contributed by atoms with E-state index < -0.39 is 0 Å². The summed E-state index contributed by atoms with van der Waals surface area (Å²) in [6.07, 6.45) is 2.22. The van der Waals surface area contributed by atoms with Gasteiger partial charge in [-0.1, -0.05) is 24.3 Å². The highest BCUT2D eigenvalue weighted by atomic mass is 16.1. The van der Waals surface area contributed by atoms with Crippen molar-refractivity contribution in [2.24, 2.45) is 0 Å². The molecule has 0 saturated carbocycles. The monoisotopic (exact) mass is 378 g/mol. The van der Waals surface area contributed by atoms with Gasteiger partial charge in [-0.25, -0.2) is 0 Å². The molecule has 6 nitrogen and oxygen atoms in total. The molecule has 2 atom stereocenters. The first-order chi connectivity index (χ1) is 13.5. The Balaban J connectivity index is 2.05. The smallest absolute Gasteiger partial charge is 0.196 e. The zero-order chi connectivity index (χ0) is 20.3. The van der Waals surface area contributed by atoms with Crippen molar-refractivity contribution in [1.82, 2.24) is 0 Å². The lowest BCUT2D eigenvalue weighted by molar-refractivity contribution is -0.108. The summed E-state index contributed by atoms with van der Waals surface area (Å²) in [4.78, 5) is 48.0. The molecule has 0 saturated heterocycles. The third kappa shape index (κ3) is 3.58. The highest BCUT2D eigenvalue weighted by Gasteiger charge is 2.33. The Morgan fingerprint density at radius 1 is 0.750 bits per heavy atom. The SMILES string of the molecule is CC(CC=O)Nc1cccc2c1C(=O)c1cccc(NC(C)CC=O)c1C2=O. The average molecular weight is 378 g/mol. The van der Waals surface area contributed by atoms with Crippen LogP contribution in [0.15, 0.2) is 36.4 Å². The predicted octanol–water partition coefficient (Wildman–Crippen LogP) is 3.24. The van der Waals surface area contributed by atoms with Crippen LogP contribution in [0.1, 0.15) is 58.5 Å². The normalized spacial score (nSPS) is 14.5. The average Bonchev–Trinajstić information content (AvgIpc) is 2.66. The first-order valence-electron chi connectivity index (χ1n) is 9.23. The molecule has 0 heterocycles. The van der Waals surface area contributed by atoms with E-state index in [9.17, 15) is 19.2 Å². The maximum atomic E-state index is 13.2. The summed E-state index contributed by atoms with van der Waals surface area (Å²) in [7, 11) is 0. The molecule has 1 aliphatic rings. The van der Waals surface area contributed by atoms with Crippen LogP contribution < -0.4 is 10.6 Å². The first kappa shape index (κ1) is 19.5. The summed E-state index contributed by atoms with van der Waals surface area (Å²) in [6.45, 7) is 3.68. The van der Waals surface area contributed by atoms with Crippen LogP contribution in [0.3, 0.4) is 0 Å². The molecule has 1 aliphatic carbocycles. The van der Waals surface area contributed by atoms with E-state index in [-0.39, 0.29) is 23.7 Å². The van der Waals surface area contributed by atoms with Gasteiger partial charge < -0.3 is 20.2 Å².